The summed E-state index contributed by atoms with van der Waals surface area (Å²) in [5.41, 5.74) is 0.139. The van der Waals surface area contributed by atoms with Gasteiger partial charge in [-0.2, -0.15) is 0 Å². The van der Waals surface area contributed by atoms with E-state index in [1.54, 1.807) is 6.92 Å². The highest BCUT2D eigenvalue weighted by molar-refractivity contribution is 7.89. The zero-order chi connectivity index (χ0) is 17.7. The van der Waals surface area contributed by atoms with E-state index in [0.29, 0.717) is 12.1 Å². The van der Waals surface area contributed by atoms with Crippen LogP contribution in [0.4, 0.5) is 0 Å². The molecule has 1 aromatic rings. The van der Waals surface area contributed by atoms with E-state index in [2.05, 4.69) is 4.72 Å². The maximum atomic E-state index is 12.3. The minimum atomic E-state index is -3.60. The largest absolute Gasteiger partial charge is 0.462 e. The van der Waals surface area contributed by atoms with Crippen LogP contribution in [0.25, 0.3) is 0 Å². The molecule has 0 amide bonds. The van der Waals surface area contributed by atoms with Gasteiger partial charge in [-0.05, 0) is 50.7 Å². The summed E-state index contributed by atoms with van der Waals surface area (Å²) in [4.78, 5) is 13.7. The number of rotatable bonds is 8. The number of hydrogen-bond acceptors (Lipinski definition) is 5. The number of benzene rings is 1. The molecule has 0 unspecified atom stereocenters. The van der Waals surface area contributed by atoms with E-state index in [-0.39, 0.29) is 16.9 Å². The average Bonchev–Trinajstić information content (AvgIpc) is 2.45. The molecule has 1 N–H and O–H groups in total. The Bertz CT molecular complexity index is 622. The predicted molar refractivity (Wildman–Crippen MR) is 89.9 cm³/mol. The summed E-state index contributed by atoms with van der Waals surface area (Å²) < 4.78 is 32.2. The van der Waals surface area contributed by atoms with E-state index >= 15 is 0 Å². The lowest BCUT2D eigenvalue weighted by molar-refractivity contribution is 0.0526. The summed E-state index contributed by atoms with van der Waals surface area (Å²) in [6.45, 7) is 7.08. The van der Waals surface area contributed by atoms with Crippen molar-refractivity contribution in [3.8, 4) is 0 Å². The Labute approximate surface area is 138 Å². The highest BCUT2D eigenvalue weighted by atomic mass is 32.2. The molecule has 0 heterocycles. The van der Waals surface area contributed by atoms with Gasteiger partial charge in [0.2, 0.25) is 10.0 Å². The van der Waals surface area contributed by atoms with Gasteiger partial charge >= 0.3 is 5.97 Å². The van der Waals surface area contributed by atoms with Crippen molar-refractivity contribution in [2.75, 3.05) is 33.8 Å². The van der Waals surface area contributed by atoms with Gasteiger partial charge in [0.25, 0.3) is 0 Å². The standard InChI is InChI=1S/C16H26N2O4S/c1-6-22-15(19)13-7-9-14(10-8-13)23(20,21)17-11-16(2,3)12-18(4)5/h7-10,17H,6,11-12H2,1-5H3. The molecule has 1 rings (SSSR count). The van der Waals surface area contributed by atoms with Crippen LogP contribution in [0.2, 0.25) is 0 Å². The monoisotopic (exact) mass is 342 g/mol. The van der Waals surface area contributed by atoms with Crippen LogP contribution in [0.15, 0.2) is 29.2 Å². The molecule has 0 bridgehead atoms. The zero-order valence-corrected chi connectivity index (χ0v) is 15.2. The molecule has 0 saturated heterocycles. The molecular weight excluding hydrogens is 316 g/mol. The predicted octanol–water partition coefficient (Wildman–Crippen LogP) is 1.73. The van der Waals surface area contributed by atoms with Crippen molar-refractivity contribution in [1.29, 1.82) is 0 Å². The molecule has 23 heavy (non-hydrogen) atoms. The van der Waals surface area contributed by atoms with E-state index in [4.69, 9.17) is 4.74 Å². The lowest BCUT2D eigenvalue weighted by Crippen LogP contribution is -2.39. The molecule has 0 atom stereocenters. The van der Waals surface area contributed by atoms with Gasteiger partial charge in [-0.1, -0.05) is 13.8 Å². The van der Waals surface area contributed by atoms with Crippen molar-refractivity contribution in [2.24, 2.45) is 5.41 Å². The minimum absolute atomic E-state index is 0.131. The summed E-state index contributed by atoms with van der Waals surface area (Å²) in [6, 6.07) is 5.73. The zero-order valence-electron chi connectivity index (χ0n) is 14.4. The Morgan fingerprint density at radius 2 is 1.78 bits per heavy atom. The lowest BCUT2D eigenvalue weighted by atomic mass is 9.93. The lowest BCUT2D eigenvalue weighted by Gasteiger charge is -2.28. The van der Waals surface area contributed by atoms with Crippen molar-refractivity contribution in [2.45, 2.75) is 25.7 Å². The third-order valence-corrected chi connectivity index (χ3v) is 4.58. The highest BCUT2D eigenvalue weighted by Crippen LogP contribution is 2.17. The molecule has 7 heteroatoms. The highest BCUT2D eigenvalue weighted by Gasteiger charge is 2.23. The molecule has 0 radical (unpaired) electrons. The summed E-state index contributed by atoms with van der Waals surface area (Å²) in [6.07, 6.45) is 0. The van der Waals surface area contributed by atoms with Gasteiger partial charge in [0.15, 0.2) is 0 Å². The Morgan fingerprint density at radius 1 is 1.22 bits per heavy atom. The Kier molecular flexibility index (Phi) is 6.73. The SMILES string of the molecule is CCOC(=O)c1ccc(S(=O)(=O)NCC(C)(C)CN(C)C)cc1. The second-order valence-electron chi connectivity index (χ2n) is 6.47. The quantitative estimate of drug-likeness (QED) is 0.728. The molecular formula is C16H26N2O4S. The summed E-state index contributed by atoms with van der Waals surface area (Å²) in [5.74, 6) is -0.462. The van der Waals surface area contributed by atoms with Crippen molar-refractivity contribution < 1.29 is 17.9 Å². The van der Waals surface area contributed by atoms with E-state index in [1.807, 2.05) is 32.8 Å². The second-order valence-corrected chi connectivity index (χ2v) is 8.24. The molecule has 130 valence electrons. The Hall–Kier alpha value is -1.44. The van der Waals surface area contributed by atoms with Gasteiger partial charge in [0.1, 0.15) is 0 Å². The van der Waals surface area contributed by atoms with Gasteiger partial charge in [-0.15, -0.1) is 0 Å². The number of carbonyl (C=O) groups is 1. The van der Waals surface area contributed by atoms with Crippen molar-refractivity contribution in [1.82, 2.24) is 9.62 Å². The normalized spacial score (nSPS) is 12.4. The fraction of sp³-hybridized carbons (Fsp3) is 0.562. The van der Waals surface area contributed by atoms with Crippen LogP contribution in [0.1, 0.15) is 31.1 Å². The molecule has 6 nitrogen and oxygen atoms in total. The maximum Gasteiger partial charge on any atom is 0.338 e. The van der Waals surface area contributed by atoms with Gasteiger partial charge in [0, 0.05) is 13.1 Å². The van der Waals surface area contributed by atoms with Crippen molar-refractivity contribution in [3.63, 3.8) is 0 Å². The van der Waals surface area contributed by atoms with Gasteiger partial charge in [-0.3, -0.25) is 0 Å². The van der Waals surface area contributed by atoms with Crippen LogP contribution in [-0.4, -0.2) is 53.1 Å². The van der Waals surface area contributed by atoms with Crippen LogP contribution < -0.4 is 4.72 Å². The van der Waals surface area contributed by atoms with E-state index in [1.165, 1.54) is 24.3 Å². The van der Waals surface area contributed by atoms with Crippen LogP contribution in [0.5, 0.6) is 0 Å². The summed E-state index contributed by atoms with van der Waals surface area (Å²) in [5, 5.41) is 0. The maximum absolute atomic E-state index is 12.3. The van der Waals surface area contributed by atoms with E-state index in [0.717, 1.165) is 6.54 Å². The second kappa shape index (κ2) is 7.90. The van der Waals surface area contributed by atoms with Crippen LogP contribution in [0, 0.1) is 5.41 Å². The summed E-state index contributed by atoms with van der Waals surface area (Å²) in [7, 11) is 0.293. The minimum Gasteiger partial charge on any atom is -0.462 e. The number of ether oxygens (including phenoxy) is 1. The van der Waals surface area contributed by atoms with Gasteiger partial charge in [0.05, 0.1) is 17.1 Å². The van der Waals surface area contributed by atoms with Crippen LogP contribution in [-0.2, 0) is 14.8 Å². The number of nitrogens with zero attached hydrogens (tertiary/aromatic N) is 1. The fourth-order valence-electron chi connectivity index (χ4n) is 2.27. The first kappa shape index (κ1) is 19.6. The molecule has 0 fully saturated rings. The topological polar surface area (TPSA) is 75.7 Å². The number of hydrogen-bond donors (Lipinski definition) is 1. The number of sulfonamides is 1. The van der Waals surface area contributed by atoms with Gasteiger partial charge < -0.3 is 9.64 Å². The van der Waals surface area contributed by atoms with Crippen LogP contribution in [0.3, 0.4) is 0 Å². The van der Waals surface area contributed by atoms with Crippen molar-refractivity contribution >= 4 is 16.0 Å². The summed E-state index contributed by atoms with van der Waals surface area (Å²) >= 11 is 0. The Balaban J connectivity index is 2.79. The van der Waals surface area contributed by atoms with E-state index < -0.39 is 16.0 Å². The third kappa shape index (κ3) is 6.29. The number of esters is 1. The number of carbonyl (C=O) groups excluding carboxylic acids is 1. The molecule has 0 saturated carbocycles. The van der Waals surface area contributed by atoms with E-state index in [9.17, 15) is 13.2 Å². The molecule has 0 aliphatic rings. The smallest absolute Gasteiger partial charge is 0.338 e. The molecule has 0 aromatic heterocycles. The fourth-order valence-corrected chi connectivity index (χ4v) is 3.51. The van der Waals surface area contributed by atoms with Gasteiger partial charge in [-0.25, -0.2) is 17.9 Å². The third-order valence-electron chi connectivity index (χ3n) is 3.16. The molecule has 0 aliphatic heterocycles. The van der Waals surface area contributed by atoms with Crippen molar-refractivity contribution in [3.05, 3.63) is 29.8 Å². The Morgan fingerprint density at radius 3 is 2.26 bits per heavy atom. The molecule has 1 aromatic carbocycles. The molecule has 0 aliphatic carbocycles. The van der Waals surface area contributed by atoms with Crippen LogP contribution >= 0.6 is 0 Å². The first-order valence-electron chi connectivity index (χ1n) is 7.49. The number of nitrogens with one attached hydrogen (secondary N) is 1. The molecule has 0 spiro atoms. The first-order chi connectivity index (χ1) is 10.6. The average molecular weight is 342 g/mol. The first-order valence-corrected chi connectivity index (χ1v) is 8.97.